The SMILES string of the molecule is CCCCCn1nc(C(=O)N2CCC(c3ccc(OC)cc3)C2)c2ccccc2c1=O. The summed E-state index contributed by atoms with van der Waals surface area (Å²) in [5, 5.41) is 5.73. The number of carbonyl (C=O) groups is 1. The van der Waals surface area contributed by atoms with Crippen LogP contribution < -0.4 is 10.3 Å². The number of likely N-dealkylation sites (tertiary alicyclic amines) is 1. The fourth-order valence-electron chi connectivity index (χ4n) is 4.30. The van der Waals surface area contributed by atoms with E-state index in [1.54, 1.807) is 13.2 Å². The van der Waals surface area contributed by atoms with Crippen molar-refractivity contribution < 1.29 is 9.53 Å². The second-order valence-electron chi connectivity index (χ2n) is 8.14. The van der Waals surface area contributed by atoms with Crippen LogP contribution in [0, 0.1) is 0 Å². The summed E-state index contributed by atoms with van der Waals surface area (Å²) < 4.78 is 6.72. The number of amides is 1. The first-order valence-corrected chi connectivity index (χ1v) is 11.1. The molecule has 1 saturated heterocycles. The van der Waals surface area contributed by atoms with Crippen molar-refractivity contribution in [3.8, 4) is 5.75 Å². The van der Waals surface area contributed by atoms with Gasteiger partial charge in [0.25, 0.3) is 11.5 Å². The molecule has 1 fully saturated rings. The Morgan fingerprint density at radius 1 is 1.10 bits per heavy atom. The van der Waals surface area contributed by atoms with Crippen molar-refractivity contribution in [1.29, 1.82) is 0 Å². The van der Waals surface area contributed by atoms with Gasteiger partial charge in [-0.05, 0) is 36.6 Å². The summed E-state index contributed by atoms with van der Waals surface area (Å²) in [5.74, 6) is 1.02. The summed E-state index contributed by atoms with van der Waals surface area (Å²) >= 11 is 0. The molecule has 0 radical (unpaired) electrons. The molecule has 1 atom stereocenters. The summed E-state index contributed by atoms with van der Waals surface area (Å²) in [6.07, 6.45) is 3.87. The lowest BCUT2D eigenvalue weighted by molar-refractivity contribution is 0.0784. The lowest BCUT2D eigenvalue weighted by Gasteiger charge is -2.18. The van der Waals surface area contributed by atoms with Crippen LogP contribution in [0.3, 0.4) is 0 Å². The molecule has 6 heteroatoms. The number of benzene rings is 2. The zero-order chi connectivity index (χ0) is 21.8. The van der Waals surface area contributed by atoms with E-state index in [-0.39, 0.29) is 17.4 Å². The molecule has 6 nitrogen and oxygen atoms in total. The van der Waals surface area contributed by atoms with Gasteiger partial charge in [0.2, 0.25) is 0 Å². The fraction of sp³-hybridized carbons (Fsp3) is 0.400. The van der Waals surface area contributed by atoms with Crippen molar-refractivity contribution in [2.45, 2.75) is 45.1 Å². The van der Waals surface area contributed by atoms with Crippen LogP contribution >= 0.6 is 0 Å². The number of hydrogen-bond donors (Lipinski definition) is 0. The number of hydrogen-bond acceptors (Lipinski definition) is 4. The molecule has 0 saturated carbocycles. The lowest BCUT2D eigenvalue weighted by atomic mass is 9.98. The molecular weight excluding hydrogens is 390 g/mol. The van der Waals surface area contributed by atoms with Gasteiger partial charge in [0, 0.05) is 30.9 Å². The van der Waals surface area contributed by atoms with Crippen molar-refractivity contribution in [3.05, 3.63) is 70.1 Å². The number of unbranched alkanes of at least 4 members (excludes halogenated alkanes) is 2. The van der Waals surface area contributed by atoms with Gasteiger partial charge in [0.1, 0.15) is 5.75 Å². The monoisotopic (exact) mass is 419 g/mol. The van der Waals surface area contributed by atoms with Gasteiger partial charge in [-0.15, -0.1) is 0 Å². The molecule has 1 unspecified atom stereocenters. The minimum Gasteiger partial charge on any atom is -0.497 e. The van der Waals surface area contributed by atoms with Gasteiger partial charge in [-0.1, -0.05) is 50.1 Å². The molecule has 1 aromatic heterocycles. The van der Waals surface area contributed by atoms with E-state index < -0.39 is 0 Å². The molecule has 1 amide bonds. The minimum atomic E-state index is -0.124. The highest BCUT2D eigenvalue weighted by Gasteiger charge is 2.30. The Labute approximate surface area is 182 Å². The van der Waals surface area contributed by atoms with E-state index in [1.165, 1.54) is 10.2 Å². The van der Waals surface area contributed by atoms with Crippen LogP contribution in [0.2, 0.25) is 0 Å². The molecule has 0 aliphatic carbocycles. The topological polar surface area (TPSA) is 64.4 Å². The van der Waals surface area contributed by atoms with Crippen LogP contribution in [0.5, 0.6) is 5.75 Å². The second-order valence-corrected chi connectivity index (χ2v) is 8.14. The number of fused-ring (bicyclic) bond motifs is 1. The zero-order valence-electron chi connectivity index (χ0n) is 18.2. The smallest absolute Gasteiger partial charge is 0.274 e. The number of carbonyl (C=O) groups excluding carboxylic acids is 1. The Balaban J connectivity index is 1.61. The summed E-state index contributed by atoms with van der Waals surface area (Å²) in [6.45, 7) is 3.99. The molecule has 2 aromatic carbocycles. The van der Waals surface area contributed by atoms with Crippen LogP contribution in [-0.2, 0) is 6.54 Å². The van der Waals surface area contributed by atoms with Crippen LogP contribution in [0.1, 0.15) is 54.6 Å². The van der Waals surface area contributed by atoms with Gasteiger partial charge in [-0.2, -0.15) is 5.10 Å². The predicted molar refractivity (Wildman–Crippen MR) is 122 cm³/mol. The highest BCUT2D eigenvalue weighted by atomic mass is 16.5. The fourth-order valence-corrected chi connectivity index (χ4v) is 4.30. The van der Waals surface area contributed by atoms with Crippen LogP contribution in [0.15, 0.2) is 53.3 Å². The third-order valence-electron chi connectivity index (χ3n) is 6.11. The minimum absolute atomic E-state index is 0.101. The average molecular weight is 420 g/mol. The first-order valence-electron chi connectivity index (χ1n) is 11.1. The number of nitrogens with zero attached hydrogens (tertiary/aromatic N) is 3. The summed E-state index contributed by atoms with van der Waals surface area (Å²) in [4.78, 5) is 28.2. The van der Waals surface area contributed by atoms with Crippen molar-refractivity contribution in [2.24, 2.45) is 0 Å². The highest BCUT2D eigenvalue weighted by molar-refractivity contribution is 6.04. The van der Waals surface area contributed by atoms with E-state index in [4.69, 9.17) is 4.74 Å². The molecule has 162 valence electrons. The largest absolute Gasteiger partial charge is 0.497 e. The summed E-state index contributed by atoms with van der Waals surface area (Å²) in [6, 6.07) is 15.4. The molecule has 0 bridgehead atoms. The molecule has 31 heavy (non-hydrogen) atoms. The Kier molecular flexibility index (Phi) is 6.35. The molecule has 3 aromatic rings. The van der Waals surface area contributed by atoms with Crippen molar-refractivity contribution in [2.75, 3.05) is 20.2 Å². The number of aromatic nitrogens is 2. The molecule has 0 spiro atoms. The van der Waals surface area contributed by atoms with Crippen LogP contribution in [0.25, 0.3) is 10.8 Å². The number of aryl methyl sites for hydroxylation is 1. The van der Waals surface area contributed by atoms with Gasteiger partial charge < -0.3 is 9.64 Å². The normalized spacial score (nSPS) is 16.1. The quantitative estimate of drug-likeness (QED) is 0.538. The Morgan fingerprint density at radius 3 is 2.55 bits per heavy atom. The third kappa shape index (κ3) is 4.33. The van der Waals surface area contributed by atoms with E-state index in [0.717, 1.165) is 31.4 Å². The summed E-state index contributed by atoms with van der Waals surface area (Å²) in [5.41, 5.74) is 1.46. The van der Waals surface area contributed by atoms with Crippen LogP contribution in [0.4, 0.5) is 0 Å². The average Bonchev–Trinajstić information content (AvgIpc) is 3.31. The molecule has 4 rings (SSSR count). The van der Waals surface area contributed by atoms with E-state index in [0.29, 0.717) is 36.1 Å². The molecule has 1 aliphatic heterocycles. The maximum atomic E-state index is 13.5. The van der Waals surface area contributed by atoms with E-state index in [1.807, 2.05) is 35.2 Å². The molecule has 1 aliphatic rings. The van der Waals surface area contributed by atoms with E-state index in [9.17, 15) is 9.59 Å². The standard InChI is InChI=1S/C25H29N3O3/c1-3-4-7-15-28-24(29)22-9-6-5-8-21(22)23(26-28)25(30)27-16-14-19(17-27)18-10-12-20(31-2)13-11-18/h5-6,8-13,19H,3-4,7,14-17H2,1-2H3. The Morgan fingerprint density at radius 2 is 1.84 bits per heavy atom. The van der Waals surface area contributed by atoms with Crippen molar-refractivity contribution in [3.63, 3.8) is 0 Å². The predicted octanol–water partition coefficient (Wildman–Crippen LogP) is 4.23. The van der Waals surface area contributed by atoms with Gasteiger partial charge in [0.05, 0.1) is 12.5 Å². The number of methoxy groups -OCH3 is 1. The molecular formula is C25H29N3O3. The van der Waals surface area contributed by atoms with Gasteiger partial charge in [-0.3, -0.25) is 9.59 Å². The number of rotatable bonds is 7. The molecule has 0 N–H and O–H groups in total. The van der Waals surface area contributed by atoms with Gasteiger partial charge >= 0.3 is 0 Å². The van der Waals surface area contributed by atoms with Crippen molar-refractivity contribution in [1.82, 2.24) is 14.7 Å². The van der Waals surface area contributed by atoms with Crippen LogP contribution in [-0.4, -0.2) is 40.8 Å². The first-order chi connectivity index (χ1) is 15.1. The Hall–Kier alpha value is -3.15. The van der Waals surface area contributed by atoms with Crippen molar-refractivity contribution >= 4 is 16.7 Å². The van der Waals surface area contributed by atoms with E-state index in [2.05, 4.69) is 24.2 Å². The third-order valence-corrected chi connectivity index (χ3v) is 6.11. The number of ether oxygens (including phenoxy) is 1. The second kappa shape index (κ2) is 9.33. The van der Waals surface area contributed by atoms with Gasteiger partial charge in [-0.25, -0.2) is 4.68 Å². The Bertz CT molecular complexity index is 1120. The van der Waals surface area contributed by atoms with E-state index >= 15 is 0 Å². The van der Waals surface area contributed by atoms with Gasteiger partial charge in [0.15, 0.2) is 5.69 Å². The zero-order valence-corrected chi connectivity index (χ0v) is 18.2. The highest BCUT2D eigenvalue weighted by Crippen LogP contribution is 2.30. The molecule has 2 heterocycles. The maximum absolute atomic E-state index is 13.5. The first kappa shape index (κ1) is 21.1. The summed E-state index contributed by atoms with van der Waals surface area (Å²) in [7, 11) is 1.66. The lowest BCUT2D eigenvalue weighted by Crippen LogP contribution is -2.33. The maximum Gasteiger partial charge on any atom is 0.274 e.